The van der Waals surface area contributed by atoms with Gasteiger partial charge < -0.3 is 14.5 Å². The predicted octanol–water partition coefficient (Wildman–Crippen LogP) is 3.16. The van der Waals surface area contributed by atoms with E-state index in [0.717, 1.165) is 25.9 Å². The highest BCUT2D eigenvalue weighted by atomic mass is 32.2. The molecule has 0 spiro atoms. The smallest absolute Gasteiger partial charge is 0.206 e. The van der Waals surface area contributed by atoms with Crippen LogP contribution in [0.2, 0.25) is 0 Å². The fraction of sp³-hybridized carbons (Fsp3) is 0.429. The highest BCUT2D eigenvalue weighted by molar-refractivity contribution is 7.91. The zero-order valence-corrected chi connectivity index (χ0v) is 16.9. The standard InChI is InChI=1S/C21H26N2O3S/c1-22-12-10-18-19-14-17(8-9-20(19)23(2)21(18)11-13-22)27(24,25)16-6-4-15(26-3)5-7-16/h4-9,14,18,21H,10-13H2,1-3H3/t18-,21+/m1/s1. The minimum atomic E-state index is -3.55. The summed E-state index contributed by atoms with van der Waals surface area (Å²) in [6.45, 7) is 2.13. The molecule has 0 amide bonds. The third-order valence-electron chi connectivity index (χ3n) is 6.05. The second kappa shape index (κ2) is 6.84. The van der Waals surface area contributed by atoms with Crippen LogP contribution in [-0.4, -0.2) is 53.7 Å². The SMILES string of the molecule is COc1ccc(S(=O)(=O)c2ccc3c(c2)[C@H]2CCN(C)CC[C@@H]2N3C)cc1. The molecule has 1 fully saturated rings. The second-order valence-corrected chi connectivity index (χ2v) is 9.51. The molecule has 2 aromatic carbocycles. The highest BCUT2D eigenvalue weighted by Gasteiger charge is 2.38. The third-order valence-corrected chi connectivity index (χ3v) is 7.82. The summed E-state index contributed by atoms with van der Waals surface area (Å²) in [4.78, 5) is 5.37. The number of fused-ring (bicyclic) bond motifs is 3. The number of rotatable bonds is 3. The van der Waals surface area contributed by atoms with Crippen LogP contribution in [0, 0.1) is 0 Å². The van der Waals surface area contributed by atoms with E-state index < -0.39 is 9.84 Å². The van der Waals surface area contributed by atoms with Gasteiger partial charge in [-0.15, -0.1) is 0 Å². The fourth-order valence-corrected chi connectivity index (χ4v) is 5.73. The Kier molecular flexibility index (Phi) is 4.64. The molecule has 0 aromatic heterocycles. The first-order valence-corrected chi connectivity index (χ1v) is 10.8. The van der Waals surface area contributed by atoms with E-state index in [0.29, 0.717) is 27.5 Å². The van der Waals surface area contributed by atoms with Crippen LogP contribution in [0.3, 0.4) is 0 Å². The maximum Gasteiger partial charge on any atom is 0.206 e. The molecule has 2 aliphatic rings. The van der Waals surface area contributed by atoms with Crippen molar-refractivity contribution in [1.82, 2.24) is 4.90 Å². The lowest BCUT2D eigenvalue weighted by Gasteiger charge is -2.25. The van der Waals surface area contributed by atoms with E-state index in [1.807, 2.05) is 12.1 Å². The van der Waals surface area contributed by atoms with Crippen LogP contribution >= 0.6 is 0 Å². The fourth-order valence-electron chi connectivity index (χ4n) is 4.43. The van der Waals surface area contributed by atoms with Crippen molar-refractivity contribution < 1.29 is 13.2 Å². The highest BCUT2D eigenvalue weighted by Crippen LogP contribution is 2.45. The maximum atomic E-state index is 13.1. The number of likely N-dealkylation sites (tertiary alicyclic amines) is 1. The number of ether oxygens (including phenoxy) is 1. The quantitative estimate of drug-likeness (QED) is 0.811. The molecular formula is C21H26N2O3S. The lowest BCUT2D eigenvalue weighted by molar-refractivity contribution is 0.345. The van der Waals surface area contributed by atoms with E-state index in [1.165, 1.54) is 11.3 Å². The first-order chi connectivity index (χ1) is 12.9. The van der Waals surface area contributed by atoms with Crippen molar-refractivity contribution in [2.24, 2.45) is 0 Å². The molecule has 2 aliphatic heterocycles. The number of nitrogens with zero attached hydrogens (tertiary/aromatic N) is 2. The van der Waals surface area contributed by atoms with Gasteiger partial charge in [0, 0.05) is 24.7 Å². The molecule has 0 radical (unpaired) electrons. The number of hydrogen-bond acceptors (Lipinski definition) is 5. The summed E-state index contributed by atoms with van der Waals surface area (Å²) in [5.41, 5.74) is 2.34. The average molecular weight is 387 g/mol. The van der Waals surface area contributed by atoms with Gasteiger partial charge in [-0.05, 0) is 81.0 Å². The summed E-state index contributed by atoms with van der Waals surface area (Å²) in [6, 6.07) is 12.7. The topological polar surface area (TPSA) is 49.9 Å². The molecule has 5 nitrogen and oxygen atoms in total. The number of likely N-dealkylation sites (N-methyl/N-ethyl adjacent to an activating group) is 1. The van der Waals surface area contributed by atoms with Crippen molar-refractivity contribution in [3.63, 3.8) is 0 Å². The summed E-state index contributed by atoms with van der Waals surface area (Å²) in [5, 5.41) is 0. The van der Waals surface area contributed by atoms with Crippen molar-refractivity contribution >= 4 is 15.5 Å². The van der Waals surface area contributed by atoms with E-state index in [1.54, 1.807) is 37.4 Å². The third kappa shape index (κ3) is 3.11. The Morgan fingerprint density at radius 2 is 1.63 bits per heavy atom. The van der Waals surface area contributed by atoms with Gasteiger partial charge >= 0.3 is 0 Å². The number of hydrogen-bond donors (Lipinski definition) is 0. The second-order valence-electron chi connectivity index (χ2n) is 7.56. The molecular weight excluding hydrogens is 360 g/mol. The van der Waals surface area contributed by atoms with Crippen molar-refractivity contribution in [3.05, 3.63) is 48.0 Å². The van der Waals surface area contributed by atoms with Crippen molar-refractivity contribution in [2.75, 3.05) is 39.2 Å². The molecule has 2 heterocycles. The number of anilines is 1. The van der Waals surface area contributed by atoms with Gasteiger partial charge in [0.05, 0.1) is 16.9 Å². The minimum Gasteiger partial charge on any atom is -0.497 e. The molecule has 0 aliphatic carbocycles. The van der Waals surface area contributed by atoms with Crippen LogP contribution in [0.25, 0.3) is 0 Å². The van der Waals surface area contributed by atoms with Gasteiger partial charge in [-0.1, -0.05) is 0 Å². The molecule has 4 rings (SSSR count). The van der Waals surface area contributed by atoms with Crippen LogP contribution in [0.4, 0.5) is 5.69 Å². The number of sulfone groups is 1. The van der Waals surface area contributed by atoms with Gasteiger partial charge in [0.25, 0.3) is 0 Å². The van der Waals surface area contributed by atoms with Crippen molar-refractivity contribution in [1.29, 1.82) is 0 Å². The van der Waals surface area contributed by atoms with E-state index in [4.69, 9.17) is 4.74 Å². The van der Waals surface area contributed by atoms with Gasteiger partial charge in [-0.25, -0.2) is 8.42 Å². The van der Waals surface area contributed by atoms with Gasteiger partial charge in [-0.2, -0.15) is 0 Å². The Morgan fingerprint density at radius 3 is 2.33 bits per heavy atom. The summed E-state index contributed by atoms with van der Waals surface area (Å²) in [5.74, 6) is 1.04. The first-order valence-electron chi connectivity index (χ1n) is 9.36. The molecule has 0 N–H and O–H groups in total. The van der Waals surface area contributed by atoms with Crippen LogP contribution in [0.15, 0.2) is 52.3 Å². The van der Waals surface area contributed by atoms with Crippen LogP contribution in [0.1, 0.15) is 24.3 Å². The van der Waals surface area contributed by atoms with Crippen molar-refractivity contribution in [3.8, 4) is 5.75 Å². The predicted molar refractivity (Wildman–Crippen MR) is 107 cm³/mol. The van der Waals surface area contributed by atoms with Gasteiger partial charge in [0.2, 0.25) is 9.84 Å². The monoisotopic (exact) mass is 386 g/mol. The first kappa shape index (κ1) is 18.3. The summed E-state index contributed by atoms with van der Waals surface area (Å²) in [7, 11) is 2.32. The lowest BCUT2D eigenvalue weighted by atomic mass is 9.91. The van der Waals surface area contributed by atoms with E-state index in [9.17, 15) is 8.42 Å². The lowest BCUT2D eigenvalue weighted by Crippen LogP contribution is -2.31. The molecule has 0 saturated carbocycles. The Bertz CT molecular complexity index is 940. The number of benzene rings is 2. The number of methoxy groups -OCH3 is 1. The minimum absolute atomic E-state index is 0.298. The van der Waals surface area contributed by atoms with Gasteiger partial charge in [0.15, 0.2) is 0 Å². The molecule has 0 unspecified atom stereocenters. The Morgan fingerprint density at radius 1 is 0.963 bits per heavy atom. The Balaban J connectivity index is 1.72. The van der Waals surface area contributed by atoms with E-state index in [-0.39, 0.29) is 0 Å². The zero-order chi connectivity index (χ0) is 19.2. The normalized spacial score (nSPS) is 22.9. The van der Waals surface area contributed by atoms with E-state index >= 15 is 0 Å². The van der Waals surface area contributed by atoms with Crippen LogP contribution in [-0.2, 0) is 9.84 Å². The zero-order valence-electron chi connectivity index (χ0n) is 16.1. The van der Waals surface area contributed by atoms with Crippen molar-refractivity contribution in [2.45, 2.75) is 34.6 Å². The molecule has 6 heteroatoms. The van der Waals surface area contributed by atoms with Gasteiger partial charge in [0.1, 0.15) is 5.75 Å². The molecule has 144 valence electrons. The Labute approximate surface area is 161 Å². The van der Waals surface area contributed by atoms with Gasteiger partial charge in [-0.3, -0.25) is 0 Å². The largest absolute Gasteiger partial charge is 0.497 e. The molecule has 2 aromatic rings. The Hall–Kier alpha value is -2.05. The summed E-state index contributed by atoms with van der Waals surface area (Å²) in [6.07, 6.45) is 2.16. The maximum absolute atomic E-state index is 13.1. The molecule has 2 atom stereocenters. The van der Waals surface area contributed by atoms with E-state index in [2.05, 4.69) is 23.9 Å². The molecule has 1 saturated heterocycles. The van der Waals surface area contributed by atoms with Crippen LogP contribution < -0.4 is 9.64 Å². The molecule has 0 bridgehead atoms. The van der Waals surface area contributed by atoms with Crippen LogP contribution in [0.5, 0.6) is 5.75 Å². The average Bonchev–Trinajstić information content (AvgIpc) is 2.81. The molecule has 27 heavy (non-hydrogen) atoms. The summed E-state index contributed by atoms with van der Waals surface area (Å²) >= 11 is 0. The summed E-state index contributed by atoms with van der Waals surface area (Å²) < 4.78 is 31.4.